The van der Waals surface area contributed by atoms with E-state index in [0.717, 1.165) is 36.7 Å². The quantitative estimate of drug-likeness (QED) is 0.619. The topological polar surface area (TPSA) is 68.4 Å². The Labute approximate surface area is 165 Å². The minimum Gasteiger partial charge on any atom is -0.494 e. The number of methoxy groups -OCH3 is 1. The van der Waals surface area contributed by atoms with Crippen LogP contribution in [0.3, 0.4) is 0 Å². The lowest BCUT2D eigenvalue weighted by molar-refractivity contribution is 0.0968. The van der Waals surface area contributed by atoms with Gasteiger partial charge in [-0.05, 0) is 45.6 Å². The number of tetrazole rings is 1. The summed E-state index contributed by atoms with van der Waals surface area (Å²) in [6.07, 6.45) is 0. The van der Waals surface area contributed by atoms with E-state index in [1.165, 1.54) is 33.9 Å². The van der Waals surface area contributed by atoms with Gasteiger partial charge < -0.3 is 4.74 Å². The third-order valence-corrected chi connectivity index (χ3v) is 5.62. The maximum Gasteiger partial charge on any atom is 0.370 e. The van der Waals surface area contributed by atoms with E-state index in [9.17, 15) is 9.18 Å². The molecule has 28 heavy (non-hydrogen) atoms. The zero-order valence-electron chi connectivity index (χ0n) is 15.5. The van der Waals surface area contributed by atoms with Gasteiger partial charge in [-0.2, -0.15) is 9.36 Å². The van der Waals surface area contributed by atoms with Gasteiger partial charge in [0.1, 0.15) is 11.7 Å². The largest absolute Gasteiger partial charge is 0.494 e. The van der Waals surface area contributed by atoms with Crippen molar-refractivity contribution in [2.24, 2.45) is 0 Å². The van der Waals surface area contributed by atoms with Gasteiger partial charge in [0.05, 0.1) is 7.11 Å². The van der Waals surface area contributed by atoms with E-state index in [2.05, 4.69) is 20.2 Å². The molecule has 1 aliphatic rings. The summed E-state index contributed by atoms with van der Waals surface area (Å²) in [4.78, 5) is 16.9. The van der Waals surface area contributed by atoms with Crippen LogP contribution in [0.5, 0.6) is 5.75 Å². The van der Waals surface area contributed by atoms with Crippen LogP contribution in [0, 0.1) is 5.82 Å². The molecule has 0 saturated carbocycles. The molecule has 0 atom stereocenters. The molecular formula is C18H21FN6O2S. The molecule has 1 saturated heterocycles. The van der Waals surface area contributed by atoms with Gasteiger partial charge >= 0.3 is 5.69 Å². The predicted molar refractivity (Wildman–Crippen MR) is 103 cm³/mol. The normalized spacial score (nSPS) is 15.8. The van der Waals surface area contributed by atoms with Crippen LogP contribution >= 0.6 is 11.3 Å². The van der Waals surface area contributed by atoms with Crippen LogP contribution in [-0.4, -0.2) is 62.9 Å². The lowest BCUT2D eigenvalue weighted by atomic mass is 10.2. The summed E-state index contributed by atoms with van der Waals surface area (Å²) in [6, 6.07) is 8.78. The number of halogens is 1. The summed E-state index contributed by atoms with van der Waals surface area (Å²) in [6.45, 7) is 4.37. The van der Waals surface area contributed by atoms with Gasteiger partial charge in [-0.1, -0.05) is 6.07 Å². The Hall–Kier alpha value is -2.56. The Morgan fingerprint density at radius 3 is 2.61 bits per heavy atom. The number of hydrogen-bond donors (Lipinski definition) is 0. The van der Waals surface area contributed by atoms with Gasteiger partial charge in [0.25, 0.3) is 0 Å². The molecule has 3 heterocycles. The Morgan fingerprint density at radius 2 is 1.93 bits per heavy atom. The van der Waals surface area contributed by atoms with Crippen LogP contribution in [0.4, 0.5) is 4.39 Å². The van der Waals surface area contributed by atoms with Crippen molar-refractivity contribution in [2.45, 2.75) is 13.2 Å². The first-order valence-corrected chi connectivity index (χ1v) is 9.86. The highest BCUT2D eigenvalue weighted by atomic mass is 32.1. The summed E-state index contributed by atoms with van der Waals surface area (Å²) < 4.78 is 21.5. The predicted octanol–water partition coefficient (Wildman–Crippen LogP) is 1.41. The smallest absolute Gasteiger partial charge is 0.370 e. The van der Waals surface area contributed by atoms with Crippen molar-refractivity contribution in [1.29, 1.82) is 0 Å². The molecule has 4 rings (SSSR count). The maximum atomic E-state index is 13.9. The lowest BCUT2D eigenvalue weighted by Gasteiger charge is -2.34. The van der Waals surface area contributed by atoms with Gasteiger partial charge in [-0.15, -0.1) is 11.3 Å². The van der Waals surface area contributed by atoms with Gasteiger partial charge in [-0.3, -0.25) is 9.80 Å². The van der Waals surface area contributed by atoms with Crippen LogP contribution in [0.1, 0.15) is 5.56 Å². The van der Waals surface area contributed by atoms with Crippen molar-refractivity contribution in [2.75, 3.05) is 33.3 Å². The van der Waals surface area contributed by atoms with Crippen molar-refractivity contribution in [1.82, 2.24) is 29.6 Å². The maximum absolute atomic E-state index is 13.9. The van der Waals surface area contributed by atoms with Gasteiger partial charge in [0.15, 0.2) is 11.6 Å². The second-order valence-corrected chi connectivity index (χ2v) is 7.55. The fraction of sp³-hybridized carbons (Fsp3) is 0.389. The molecule has 0 bridgehead atoms. The van der Waals surface area contributed by atoms with E-state index in [4.69, 9.17) is 4.74 Å². The molecule has 10 heteroatoms. The summed E-state index contributed by atoms with van der Waals surface area (Å²) in [5.41, 5.74) is 0.681. The molecule has 1 aromatic carbocycles. The fourth-order valence-corrected chi connectivity index (χ4v) is 3.90. The Kier molecular flexibility index (Phi) is 5.51. The molecule has 0 amide bonds. The average Bonchev–Trinajstić information content (AvgIpc) is 3.34. The monoisotopic (exact) mass is 404 g/mol. The summed E-state index contributed by atoms with van der Waals surface area (Å²) in [7, 11) is 1.46. The fourth-order valence-electron chi connectivity index (χ4n) is 3.24. The zero-order valence-corrected chi connectivity index (χ0v) is 16.3. The first-order chi connectivity index (χ1) is 13.6. The third-order valence-electron chi connectivity index (χ3n) is 4.78. The van der Waals surface area contributed by atoms with Gasteiger partial charge in [0, 0.05) is 32.7 Å². The summed E-state index contributed by atoms with van der Waals surface area (Å²) in [5.74, 6) is -0.0820. The van der Waals surface area contributed by atoms with Crippen molar-refractivity contribution in [3.05, 3.63) is 57.6 Å². The molecule has 0 aliphatic carbocycles. The number of aromatic nitrogens is 4. The van der Waals surface area contributed by atoms with Crippen LogP contribution in [0.15, 0.2) is 40.5 Å². The highest BCUT2D eigenvalue weighted by Crippen LogP contribution is 2.19. The lowest BCUT2D eigenvalue weighted by Crippen LogP contribution is -2.47. The van der Waals surface area contributed by atoms with Crippen molar-refractivity contribution in [3.63, 3.8) is 0 Å². The molecular weight excluding hydrogens is 383 g/mol. The number of benzene rings is 1. The van der Waals surface area contributed by atoms with Crippen molar-refractivity contribution < 1.29 is 9.13 Å². The molecule has 0 radical (unpaired) electrons. The van der Waals surface area contributed by atoms with E-state index >= 15 is 0 Å². The SMILES string of the molecule is COc1ccc(CN2CCN(Cn3nnn(-c4cccs4)c3=O)CC2)cc1F. The van der Waals surface area contributed by atoms with Crippen LogP contribution in [0.25, 0.3) is 5.00 Å². The Morgan fingerprint density at radius 1 is 1.14 bits per heavy atom. The average molecular weight is 404 g/mol. The standard InChI is InChI=1S/C18H21FN6O2S/c1-27-16-5-4-14(11-15(16)19)12-22-6-8-23(9-7-22)13-24-18(26)25(21-20-24)17-3-2-10-28-17/h2-5,10-11H,6-9,12-13H2,1H3. The first-order valence-electron chi connectivity index (χ1n) is 8.98. The Bertz CT molecular complexity index is 978. The molecule has 0 spiro atoms. The van der Waals surface area contributed by atoms with Crippen LogP contribution in [-0.2, 0) is 13.2 Å². The van der Waals surface area contributed by atoms with E-state index in [0.29, 0.717) is 13.2 Å². The Balaban J connectivity index is 1.32. The zero-order chi connectivity index (χ0) is 19.5. The number of thiophene rings is 1. The number of ether oxygens (including phenoxy) is 1. The second-order valence-electron chi connectivity index (χ2n) is 6.63. The number of piperazine rings is 1. The highest BCUT2D eigenvalue weighted by molar-refractivity contribution is 7.12. The number of nitrogens with zero attached hydrogens (tertiary/aromatic N) is 6. The van der Waals surface area contributed by atoms with Crippen LogP contribution < -0.4 is 10.4 Å². The molecule has 2 aromatic heterocycles. The molecule has 0 N–H and O–H groups in total. The number of hydrogen-bond acceptors (Lipinski definition) is 7. The summed E-state index contributed by atoms with van der Waals surface area (Å²) >= 11 is 1.45. The van der Waals surface area contributed by atoms with E-state index in [1.807, 2.05) is 23.6 Å². The molecule has 0 unspecified atom stereocenters. The minimum atomic E-state index is -0.341. The van der Waals surface area contributed by atoms with Crippen LogP contribution in [0.2, 0.25) is 0 Å². The van der Waals surface area contributed by atoms with E-state index in [1.54, 1.807) is 6.07 Å². The van der Waals surface area contributed by atoms with Crippen molar-refractivity contribution in [3.8, 4) is 10.8 Å². The highest BCUT2D eigenvalue weighted by Gasteiger charge is 2.19. The first kappa shape index (κ1) is 18.8. The minimum absolute atomic E-state index is 0.237. The molecule has 148 valence electrons. The van der Waals surface area contributed by atoms with Gasteiger partial charge in [-0.25, -0.2) is 9.18 Å². The van der Waals surface area contributed by atoms with Crippen molar-refractivity contribution >= 4 is 11.3 Å². The third kappa shape index (κ3) is 3.98. The molecule has 1 fully saturated rings. The summed E-state index contributed by atoms with van der Waals surface area (Å²) in [5, 5.41) is 10.6. The van der Waals surface area contributed by atoms with Gasteiger partial charge in [0.2, 0.25) is 0 Å². The van der Waals surface area contributed by atoms with E-state index < -0.39 is 0 Å². The molecule has 3 aromatic rings. The number of rotatable bonds is 6. The molecule has 8 nitrogen and oxygen atoms in total. The second kappa shape index (κ2) is 8.21. The van der Waals surface area contributed by atoms with E-state index in [-0.39, 0.29) is 17.3 Å². The molecule has 1 aliphatic heterocycles.